The zero-order chi connectivity index (χ0) is 52.2. The maximum atomic E-state index is 12.5. The van der Waals surface area contributed by atoms with Crippen molar-refractivity contribution >= 4 is 11.9 Å². The van der Waals surface area contributed by atoms with Crippen molar-refractivity contribution in [1.29, 1.82) is 0 Å². The van der Waals surface area contributed by atoms with Crippen LogP contribution < -0.4 is 5.32 Å². The average Bonchev–Trinajstić information content (AvgIpc) is 3.38. The number of unbranched alkanes of at least 4 members (excludes halogenated alkanes) is 48. The zero-order valence-electron chi connectivity index (χ0n) is 48.7. The summed E-state index contributed by atoms with van der Waals surface area (Å²) < 4.78 is 5.50. The number of ether oxygens (including phenoxy) is 1. The molecule has 72 heavy (non-hydrogen) atoms. The molecule has 3 N–H and O–H groups in total. The van der Waals surface area contributed by atoms with E-state index in [2.05, 4.69) is 31.3 Å². The molecule has 6 nitrogen and oxygen atoms in total. The van der Waals surface area contributed by atoms with E-state index in [1.165, 1.54) is 289 Å². The van der Waals surface area contributed by atoms with Crippen molar-refractivity contribution in [1.82, 2.24) is 5.32 Å². The van der Waals surface area contributed by atoms with Crippen molar-refractivity contribution in [3.05, 3.63) is 24.3 Å². The summed E-state index contributed by atoms with van der Waals surface area (Å²) in [6.07, 6.45) is 76.5. The maximum absolute atomic E-state index is 12.5. The van der Waals surface area contributed by atoms with Gasteiger partial charge >= 0.3 is 5.97 Å². The highest BCUT2D eigenvalue weighted by molar-refractivity contribution is 5.76. The first kappa shape index (κ1) is 70.3. The highest BCUT2D eigenvalue weighted by Gasteiger charge is 2.18. The zero-order valence-corrected chi connectivity index (χ0v) is 48.7. The molecule has 0 bridgehead atoms. The number of esters is 1. The predicted octanol–water partition coefficient (Wildman–Crippen LogP) is 20.6. The molecule has 426 valence electrons. The van der Waals surface area contributed by atoms with Crippen molar-refractivity contribution in [3.63, 3.8) is 0 Å². The fourth-order valence-corrected chi connectivity index (χ4v) is 10.2. The van der Waals surface area contributed by atoms with Gasteiger partial charge in [-0.3, -0.25) is 9.59 Å². The van der Waals surface area contributed by atoms with E-state index >= 15 is 0 Å². The molecule has 0 radical (unpaired) electrons. The first-order valence-electron chi connectivity index (χ1n) is 32.6. The van der Waals surface area contributed by atoms with Crippen LogP contribution in [0.5, 0.6) is 0 Å². The SMILES string of the molecule is CCCCCCCCC/C=C\CCCCCCCCCC(=O)OCCCCCCCCCCCCCCCCCCCCCCC(=O)NC(CO)C(O)/C=C/CCCCCCCCCCCCCCCCC. The number of aliphatic hydroxyl groups excluding tert-OH is 2. The summed E-state index contributed by atoms with van der Waals surface area (Å²) >= 11 is 0. The molecule has 2 atom stereocenters. The van der Waals surface area contributed by atoms with Gasteiger partial charge in [0.1, 0.15) is 0 Å². The minimum absolute atomic E-state index is 0.00765. The Balaban J connectivity index is 3.40. The van der Waals surface area contributed by atoms with Crippen LogP contribution in [0.1, 0.15) is 361 Å². The normalized spacial score (nSPS) is 12.7. The number of hydrogen-bond acceptors (Lipinski definition) is 5. The second-order valence-corrected chi connectivity index (χ2v) is 22.5. The van der Waals surface area contributed by atoms with E-state index in [0.29, 0.717) is 19.4 Å². The van der Waals surface area contributed by atoms with Gasteiger partial charge in [-0.1, -0.05) is 314 Å². The highest BCUT2D eigenvalue weighted by atomic mass is 16.5. The fourth-order valence-electron chi connectivity index (χ4n) is 10.2. The van der Waals surface area contributed by atoms with Crippen LogP contribution in [0.3, 0.4) is 0 Å². The van der Waals surface area contributed by atoms with Crippen molar-refractivity contribution in [2.24, 2.45) is 0 Å². The maximum Gasteiger partial charge on any atom is 0.305 e. The van der Waals surface area contributed by atoms with E-state index < -0.39 is 12.1 Å². The van der Waals surface area contributed by atoms with Crippen LogP contribution in [-0.4, -0.2) is 47.4 Å². The second-order valence-electron chi connectivity index (χ2n) is 22.5. The number of carbonyl (C=O) groups excluding carboxylic acids is 2. The van der Waals surface area contributed by atoms with Crippen molar-refractivity contribution < 1.29 is 24.5 Å². The molecule has 0 aromatic heterocycles. The van der Waals surface area contributed by atoms with Crippen LogP contribution in [0.25, 0.3) is 0 Å². The molecule has 0 aromatic rings. The smallest absolute Gasteiger partial charge is 0.305 e. The molecular formula is C66H127NO5. The lowest BCUT2D eigenvalue weighted by Gasteiger charge is -2.20. The number of hydrogen-bond donors (Lipinski definition) is 3. The number of rotatable bonds is 61. The average molecular weight is 1010 g/mol. The van der Waals surface area contributed by atoms with E-state index in [9.17, 15) is 19.8 Å². The first-order valence-corrected chi connectivity index (χ1v) is 32.6. The lowest BCUT2D eigenvalue weighted by molar-refractivity contribution is -0.143. The Bertz CT molecular complexity index is 1120. The molecule has 0 heterocycles. The molecule has 1 amide bonds. The monoisotopic (exact) mass is 1010 g/mol. The number of allylic oxidation sites excluding steroid dienone is 3. The van der Waals surface area contributed by atoms with Gasteiger partial charge in [0.2, 0.25) is 5.91 Å². The lowest BCUT2D eigenvalue weighted by atomic mass is 10.0. The molecule has 6 heteroatoms. The topological polar surface area (TPSA) is 95.9 Å². The molecule has 0 aliphatic heterocycles. The van der Waals surface area contributed by atoms with E-state index in [1.807, 2.05) is 6.08 Å². The number of carbonyl (C=O) groups is 2. The minimum atomic E-state index is -0.846. The van der Waals surface area contributed by atoms with Crippen LogP contribution in [0.15, 0.2) is 24.3 Å². The summed E-state index contributed by atoms with van der Waals surface area (Å²) in [5.41, 5.74) is 0. The minimum Gasteiger partial charge on any atom is -0.466 e. The molecular weight excluding hydrogens is 887 g/mol. The molecule has 0 fully saturated rings. The van der Waals surface area contributed by atoms with Crippen LogP contribution >= 0.6 is 0 Å². The molecule has 0 rings (SSSR count). The molecule has 0 aliphatic rings. The van der Waals surface area contributed by atoms with E-state index in [0.717, 1.165) is 44.9 Å². The predicted molar refractivity (Wildman–Crippen MR) is 315 cm³/mol. The van der Waals surface area contributed by atoms with E-state index in [-0.39, 0.29) is 18.5 Å². The molecule has 0 aromatic carbocycles. The summed E-state index contributed by atoms with van der Waals surface area (Å²) in [6.45, 7) is 4.92. The fraction of sp³-hybridized carbons (Fsp3) is 0.909. The Morgan fingerprint density at radius 1 is 0.375 bits per heavy atom. The van der Waals surface area contributed by atoms with Crippen molar-refractivity contribution in [3.8, 4) is 0 Å². The molecule has 0 aliphatic carbocycles. The summed E-state index contributed by atoms with van der Waals surface area (Å²) in [4.78, 5) is 24.6. The van der Waals surface area contributed by atoms with Gasteiger partial charge in [0.05, 0.1) is 25.4 Å². The Kier molecular flexibility index (Phi) is 60.5. The van der Waals surface area contributed by atoms with Gasteiger partial charge in [-0.25, -0.2) is 0 Å². The first-order chi connectivity index (χ1) is 35.5. The number of aliphatic hydroxyl groups is 2. The third kappa shape index (κ3) is 57.6. The van der Waals surface area contributed by atoms with Crippen LogP contribution in [0.2, 0.25) is 0 Å². The van der Waals surface area contributed by atoms with Gasteiger partial charge in [0.15, 0.2) is 0 Å². The van der Waals surface area contributed by atoms with Gasteiger partial charge in [0, 0.05) is 12.8 Å². The number of amides is 1. The van der Waals surface area contributed by atoms with Crippen molar-refractivity contribution in [2.45, 2.75) is 373 Å². The standard InChI is InChI=1S/C66H127NO5/c1-3-5-7-9-11-13-15-17-19-21-28-32-36-40-44-48-52-56-60-66(71)72-61-57-53-49-45-41-37-33-29-25-23-22-24-27-31-35-39-43-47-51-55-59-65(70)67-63(62-68)64(69)58-54-50-46-42-38-34-30-26-20-18-16-14-12-10-8-6-4-2/h19,21,54,58,63-64,68-69H,3-18,20,22-53,55-57,59-62H2,1-2H3,(H,67,70)/b21-19-,58-54+. The lowest BCUT2D eigenvalue weighted by Crippen LogP contribution is -2.45. The van der Waals surface area contributed by atoms with Crippen molar-refractivity contribution in [2.75, 3.05) is 13.2 Å². The van der Waals surface area contributed by atoms with Gasteiger partial charge < -0.3 is 20.3 Å². The summed E-state index contributed by atoms with van der Waals surface area (Å²) in [5, 5.41) is 23.2. The third-order valence-corrected chi connectivity index (χ3v) is 15.2. The molecule has 0 spiro atoms. The Morgan fingerprint density at radius 2 is 0.653 bits per heavy atom. The van der Waals surface area contributed by atoms with Gasteiger partial charge in [-0.05, 0) is 57.8 Å². The second kappa shape index (κ2) is 61.9. The summed E-state index contributed by atoms with van der Waals surface area (Å²) in [6, 6.07) is -0.629. The van der Waals surface area contributed by atoms with Crippen LogP contribution in [0, 0.1) is 0 Å². The summed E-state index contributed by atoms with van der Waals surface area (Å²) in [7, 11) is 0. The Labute approximate surface area is 450 Å². The molecule has 2 unspecified atom stereocenters. The largest absolute Gasteiger partial charge is 0.466 e. The quantitative estimate of drug-likeness (QED) is 0.0320. The van der Waals surface area contributed by atoms with Gasteiger partial charge in [-0.2, -0.15) is 0 Å². The van der Waals surface area contributed by atoms with Gasteiger partial charge in [-0.15, -0.1) is 0 Å². The molecule has 0 saturated carbocycles. The Morgan fingerprint density at radius 3 is 0.986 bits per heavy atom. The van der Waals surface area contributed by atoms with E-state index in [1.54, 1.807) is 6.08 Å². The van der Waals surface area contributed by atoms with Crippen LogP contribution in [-0.2, 0) is 14.3 Å². The van der Waals surface area contributed by atoms with E-state index in [4.69, 9.17) is 4.74 Å². The van der Waals surface area contributed by atoms with Gasteiger partial charge in [0.25, 0.3) is 0 Å². The third-order valence-electron chi connectivity index (χ3n) is 15.2. The van der Waals surface area contributed by atoms with Crippen LogP contribution in [0.4, 0.5) is 0 Å². The Hall–Kier alpha value is -1.66. The number of nitrogens with one attached hydrogen (secondary N) is 1. The molecule has 0 saturated heterocycles. The summed E-state index contributed by atoms with van der Waals surface area (Å²) in [5.74, 6) is -0.0596. The highest BCUT2D eigenvalue weighted by Crippen LogP contribution is 2.18.